The zero-order valence-electron chi connectivity index (χ0n) is 14.1. The van der Waals surface area contributed by atoms with Crippen LogP contribution in [0.3, 0.4) is 0 Å². The minimum absolute atomic E-state index is 0.297. The van der Waals surface area contributed by atoms with Gasteiger partial charge in [-0.3, -0.25) is 21.0 Å². The summed E-state index contributed by atoms with van der Waals surface area (Å²) in [4.78, 5) is 13.9. The minimum atomic E-state index is -1.03. The molecule has 2 aliphatic heterocycles. The topological polar surface area (TPSA) is 108 Å². The fourth-order valence-corrected chi connectivity index (χ4v) is 3.85. The van der Waals surface area contributed by atoms with Crippen LogP contribution >= 0.6 is 0 Å². The van der Waals surface area contributed by atoms with Crippen molar-refractivity contribution < 1.29 is 0 Å². The van der Waals surface area contributed by atoms with Gasteiger partial charge in [0, 0.05) is 49.7 Å². The van der Waals surface area contributed by atoms with Gasteiger partial charge in [0.25, 0.3) is 0 Å². The molecule has 3 aliphatic rings. The first-order valence-corrected chi connectivity index (χ1v) is 8.62. The van der Waals surface area contributed by atoms with Crippen molar-refractivity contribution in [2.45, 2.75) is 31.1 Å². The number of hydrazine groups is 1. The minimum Gasteiger partial charge on any atom is -0.369 e. The number of nitrogens with zero attached hydrogens (tertiary/aromatic N) is 4. The van der Waals surface area contributed by atoms with E-state index in [-0.39, 0.29) is 0 Å². The maximum absolute atomic E-state index is 6.30. The molecule has 1 fully saturated rings. The van der Waals surface area contributed by atoms with E-state index in [4.69, 9.17) is 11.5 Å². The first kappa shape index (κ1) is 15.8. The molecule has 3 heterocycles. The van der Waals surface area contributed by atoms with E-state index in [0.29, 0.717) is 12.0 Å². The Morgan fingerprint density at radius 3 is 2.79 bits per heavy atom. The van der Waals surface area contributed by atoms with E-state index in [1.807, 2.05) is 6.20 Å². The average Bonchev–Trinajstić information content (AvgIpc) is 2.95. The van der Waals surface area contributed by atoms with Crippen molar-refractivity contribution in [1.82, 2.24) is 25.6 Å². The van der Waals surface area contributed by atoms with Crippen LogP contribution in [0.15, 0.2) is 17.3 Å². The summed E-state index contributed by atoms with van der Waals surface area (Å²) in [7, 11) is 2.19. The van der Waals surface area contributed by atoms with E-state index in [1.54, 1.807) is 0 Å². The van der Waals surface area contributed by atoms with Crippen LogP contribution in [0, 0.1) is 0 Å². The molecule has 8 heteroatoms. The fraction of sp³-hybridized carbons (Fsp3) is 0.625. The lowest BCUT2D eigenvalue weighted by Gasteiger charge is -2.40. The number of likely N-dealkylation sites (N-methyl/N-ethyl adjacent to an activating group) is 1. The van der Waals surface area contributed by atoms with Crippen molar-refractivity contribution in [1.29, 1.82) is 0 Å². The Kier molecular flexibility index (Phi) is 3.92. The second-order valence-corrected chi connectivity index (χ2v) is 7.08. The molecule has 0 radical (unpaired) electrons. The molecule has 2 unspecified atom stereocenters. The molecule has 1 aliphatic carbocycles. The zero-order chi connectivity index (χ0) is 16.7. The third-order valence-corrected chi connectivity index (χ3v) is 5.40. The Balaban J connectivity index is 1.53. The number of aromatic nitrogens is 1. The van der Waals surface area contributed by atoms with Crippen LogP contribution in [-0.4, -0.2) is 60.0 Å². The van der Waals surface area contributed by atoms with E-state index in [1.165, 1.54) is 17.7 Å². The number of guanidine groups is 1. The highest BCUT2D eigenvalue weighted by atomic mass is 15.6. The first-order valence-electron chi connectivity index (χ1n) is 8.62. The third-order valence-electron chi connectivity index (χ3n) is 5.40. The lowest BCUT2D eigenvalue weighted by molar-refractivity contribution is 0.103. The molecule has 1 aromatic heterocycles. The Bertz CT molecular complexity index is 651. The van der Waals surface area contributed by atoms with Gasteiger partial charge < -0.3 is 10.6 Å². The molecule has 1 saturated heterocycles. The molecule has 0 aromatic carbocycles. The second-order valence-electron chi connectivity index (χ2n) is 7.08. The van der Waals surface area contributed by atoms with Crippen LogP contribution in [0.5, 0.6) is 0 Å². The number of piperazine rings is 1. The molecular formula is C16H26N8. The molecule has 2 atom stereocenters. The Hall–Kier alpha value is -1.74. The quantitative estimate of drug-likeness (QED) is 0.532. The highest BCUT2D eigenvalue weighted by molar-refractivity contribution is 5.79. The van der Waals surface area contributed by atoms with Crippen LogP contribution in [0.1, 0.15) is 23.2 Å². The number of nitrogens with one attached hydrogen (secondary N) is 2. The lowest BCUT2D eigenvalue weighted by Crippen LogP contribution is -2.51. The van der Waals surface area contributed by atoms with E-state index in [9.17, 15) is 0 Å². The number of hydrogen-bond acceptors (Lipinski definition) is 8. The van der Waals surface area contributed by atoms with E-state index >= 15 is 0 Å². The van der Waals surface area contributed by atoms with E-state index in [2.05, 4.69) is 43.7 Å². The summed E-state index contributed by atoms with van der Waals surface area (Å²) in [5.41, 5.74) is 21.0. The highest BCUT2D eigenvalue weighted by Crippen LogP contribution is 2.27. The van der Waals surface area contributed by atoms with Gasteiger partial charge in [-0.05, 0) is 37.9 Å². The molecule has 24 heavy (non-hydrogen) atoms. The van der Waals surface area contributed by atoms with Gasteiger partial charge in [0.1, 0.15) is 0 Å². The number of rotatable bonds is 2. The molecule has 1 aromatic rings. The summed E-state index contributed by atoms with van der Waals surface area (Å²) >= 11 is 0. The van der Waals surface area contributed by atoms with Crippen LogP contribution in [0.2, 0.25) is 0 Å². The average molecular weight is 330 g/mol. The first-order chi connectivity index (χ1) is 11.5. The summed E-state index contributed by atoms with van der Waals surface area (Å²) in [6, 6.07) is 2.74. The molecule has 0 saturated carbocycles. The highest BCUT2D eigenvalue weighted by Gasteiger charge is 2.34. The van der Waals surface area contributed by atoms with Crippen molar-refractivity contribution >= 4 is 5.96 Å². The summed E-state index contributed by atoms with van der Waals surface area (Å²) in [6.45, 7) is 4.60. The monoisotopic (exact) mass is 330 g/mol. The summed E-state index contributed by atoms with van der Waals surface area (Å²) < 4.78 is 0. The fourth-order valence-electron chi connectivity index (χ4n) is 3.85. The maximum Gasteiger partial charge on any atom is 0.210 e. The summed E-state index contributed by atoms with van der Waals surface area (Å²) in [5.74, 6) is -0.738. The number of fused-ring (bicyclic) bond motifs is 1. The van der Waals surface area contributed by atoms with Crippen molar-refractivity contribution in [3.8, 4) is 0 Å². The number of nitrogens with two attached hydrogens (primary N) is 2. The predicted molar refractivity (Wildman–Crippen MR) is 92.9 cm³/mol. The number of aryl methyl sites for hydroxylation is 1. The van der Waals surface area contributed by atoms with Gasteiger partial charge >= 0.3 is 0 Å². The van der Waals surface area contributed by atoms with Gasteiger partial charge in [0.05, 0.1) is 0 Å². The third kappa shape index (κ3) is 2.86. The smallest absolute Gasteiger partial charge is 0.210 e. The molecule has 8 nitrogen and oxygen atoms in total. The Labute approximate surface area is 142 Å². The van der Waals surface area contributed by atoms with Crippen molar-refractivity contribution in [3.63, 3.8) is 0 Å². The zero-order valence-corrected chi connectivity index (χ0v) is 14.1. The molecule has 0 spiro atoms. The van der Waals surface area contributed by atoms with Gasteiger partial charge in [-0.2, -0.15) is 5.43 Å². The second kappa shape index (κ2) is 5.96. The van der Waals surface area contributed by atoms with Crippen LogP contribution in [0.25, 0.3) is 0 Å². The van der Waals surface area contributed by atoms with Crippen molar-refractivity contribution in [3.05, 3.63) is 29.1 Å². The van der Waals surface area contributed by atoms with E-state index < -0.39 is 5.79 Å². The molecule has 0 amide bonds. The van der Waals surface area contributed by atoms with Gasteiger partial charge in [0.2, 0.25) is 11.7 Å². The van der Waals surface area contributed by atoms with Gasteiger partial charge in [-0.1, -0.05) is 0 Å². The largest absolute Gasteiger partial charge is 0.369 e. The van der Waals surface area contributed by atoms with Crippen molar-refractivity contribution in [2.75, 3.05) is 33.2 Å². The van der Waals surface area contributed by atoms with Gasteiger partial charge in [-0.15, -0.1) is 0 Å². The SMILES string of the molecule is CN1CCN(C2CCc3ncc(C4(N)N=C(N)NN4)cc3C2)CC1. The van der Waals surface area contributed by atoms with Gasteiger partial charge in [-0.25, -0.2) is 4.99 Å². The molecule has 6 N–H and O–H groups in total. The van der Waals surface area contributed by atoms with Crippen molar-refractivity contribution in [2.24, 2.45) is 16.5 Å². The molecular weight excluding hydrogens is 304 g/mol. The van der Waals surface area contributed by atoms with Crippen LogP contribution < -0.4 is 22.3 Å². The predicted octanol–water partition coefficient (Wildman–Crippen LogP) is -1.32. The van der Waals surface area contributed by atoms with E-state index in [0.717, 1.165) is 44.6 Å². The standard InChI is InChI=1S/C16H26N8/c1-23-4-6-24(7-5-23)13-2-3-14-11(9-13)8-12(10-19-14)16(18)20-15(17)21-22-16/h8,10,13,22H,2-7,9,18H2,1H3,(H3,17,20,21). The number of aliphatic imine (C=N–C) groups is 1. The summed E-state index contributed by atoms with van der Waals surface area (Å²) in [5, 5.41) is 0. The lowest BCUT2D eigenvalue weighted by atomic mass is 9.89. The Morgan fingerprint density at radius 2 is 2.08 bits per heavy atom. The molecule has 130 valence electrons. The van der Waals surface area contributed by atoms with Crippen LogP contribution in [-0.2, 0) is 18.6 Å². The molecule has 4 rings (SSSR count). The van der Waals surface area contributed by atoms with Gasteiger partial charge in [0.15, 0.2) is 0 Å². The number of hydrogen-bond donors (Lipinski definition) is 4. The number of pyridine rings is 1. The normalized spacial score (nSPS) is 31.4. The maximum atomic E-state index is 6.30. The molecule has 0 bridgehead atoms. The van der Waals surface area contributed by atoms with Crippen LogP contribution in [0.4, 0.5) is 0 Å². The summed E-state index contributed by atoms with van der Waals surface area (Å²) in [6.07, 6.45) is 5.05. The Morgan fingerprint density at radius 1 is 1.29 bits per heavy atom.